The van der Waals surface area contributed by atoms with E-state index in [1.54, 1.807) is 0 Å². The first-order valence-electron chi connectivity index (χ1n) is 5.00. The summed E-state index contributed by atoms with van der Waals surface area (Å²) in [5.41, 5.74) is 9.71. The van der Waals surface area contributed by atoms with Gasteiger partial charge in [-0.25, -0.2) is 26.3 Å². The van der Waals surface area contributed by atoms with E-state index in [1.165, 1.54) is 0 Å². The fourth-order valence-corrected chi connectivity index (χ4v) is 1.16. The third kappa shape index (κ3) is 4.77. The second-order valence-electron chi connectivity index (χ2n) is 3.42. The van der Waals surface area contributed by atoms with Crippen molar-refractivity contribution in [3.63, 3.8) is 0 Å². The highest BCUT2D eigenvalue weighted by Crippen LogP contribution is 2.07. The Kier molecular flexibility index (Phi) is 6.23. The van der Waals surface area contributed by atoms with Crippen LogP contribution in [0.25, 0.3) is 0 Å². The molecule has 0 aliphatic carbocycles. The summed E-state index contributed by atoms with van der Waals surface area (Å²) in [5, 5.41) is 0.429. The molecular weight excluding hydrogens is 260 g/mol. The third-order valence-corrected chi connectivity index (χ3v) is 2.20. The molecule has 8 N–H and O–H groups in total. The molecule has 0 saturated heterocycles. The van der Waals surface area contributed by atoms with Gasteiger partial charge in [0.2, 0.25) is 0 Å². The molecule has 108 valence electrons. The summed E-state index contributed by atoms with van der Waals surface area (Å²) < 4.78 is 4.37. The summed E-state index contributed by atoms with van der Waals surface area (Å²) in [7, 11) is 1.14. The van der Waals surface area contributed by atoms with E-state index in [0.29, 0.717) is 5.01 Å². The Labute approximate surface area is 108 Å². The van der Waals surface area contributed by atoms with Crippen LogP contribution in [0.2, 0.25) is 0 Å². The molecule has 0 aliphatic rings. The molecule has 0 fully saturated rings. The number of amides is 5. The fraction of sp³-hybridized carbons (Fsp3) is 0.500. The van der Waals surface area contributed by atoms with Crippen LogP contribution in [0.15, 0.2) is 0 Å². The molecule has 1 atom stereocenters. The molecule has 19 heavy (non-hydrogen) atoms. The van der Waals surface area contributed by atoms with Crippen LogP contribution in [0.3, 0.4) is 0 Å². The number of urea groups is 2. The summed E-state index contributed by atoms with van der Waals surface area (Å²) in [6.07, 6.45) is -0.466. The van der Waals surface area contributed by atoms with Crippen LogP contribution < -0.4 is 23.2 Å². The van der Waals surface area contributed by atoms with Crippen molar-refractivity contribution in [1.82, 2.24) is 10.0 Å². The fourth-order valence-electron chi connectivity index (χ4n) is 1.16. The van der Waals surface area contributed by atoms with E-state index in [1.807, 2.05) is 0 Å². The molecule has 0 aromatic rings. The lowest BCUT2D eigenvalue weighted by atomic mass is 10.1. The van der Waals surface area contributed by atoms with Gasteiger partial charge in [0.25, 0.3) is 5.91 Å². The van der Waals surface area contributed by atoms with Crippen molar-refractivity contribution in [3.05, 3.63) is 0 Å². The van der Waals surface area contributed by atoms with Crippen LogP contribution in [0, 0.1) is 0 Å². The topological polar surface area (TPSA) is 188 Å². The van der Waals surface area contributed by atoms with E-state index in [-0.39, 0.29) is 17.9 Å². The van der Waals surface area contributed by atoms with Gasteiger partial charge < -0.3 is 16.2 Å². The van der Waals surface area contributed by atoms with Gasteiger partial charge in [-0.2, -0.15) is 5.01 Å². The maximum absolute atomic E-state index is 11.7. The number of hydrazine groups is 2. The van der Waals surface area contributed by atoms with Crippen LogP contribution in [0.4, 0.5) is 9.59 Å². The Balaban J connectivity index is 4.95. The number of nitrogens with zero attached hydrogens (tertiary/aromatic N) is 2. The first-order valence-corrected chi connectivity index (χ1v) is 5.00. The number of hydrogen-bond acceptors (Lipinski definition) is 7. The molecule has 0 aliphatic heterocycles. The highest BCUT2D eigenvalue weighted by molar-refractivity contribution is 5.97. The molecule has 5 amide bonds. The Hall–Kier alpha value is -2.40. The van der Waals surface area contributed by atoms with E-state index in [0.717, 1.165) is 7.11 Å². The van der Waals surface area contributed by atoms with Gasteiger partial charge in [0, 0.05) is 6.42 Å². The second kappa shape index (κ2) is 7.13. The largest absolute Gasteiger partial charge is 0.469 e. The van der Waals surface area contributed by atoms with Gasteiger partial charge in [-0.1, -0.05) is 0 Å². The minimum Gasteiger partial charge on any atom is -0.469 e. The van der Waals surface area contributed by atoms with Crippen molar-refractivity contribution in [2.45, 2.75) is 18.9 Å². The minimum atomic E-state index is -1.41. The van der Waals surface area contributed by atoms with Crippen LogP contribution in [-0.4, -0.2) is 47.1 Å². The normalized spacial score (nSPS) is 11.3. The van der Waals surface area contributed by atoms with Gasteiger partial charge in [-0.15, -0.1) is 0 Å². The van der Waals surface area contributed by atoms with Crippen molar-refractivity contribution in [3.8, 4) is 0 Å². The van der Waals surface area contributed by atoms with E-state index < -0.39 is 30.0 Å². The van der Waals surface area contributed by atoms with Crippen LogP contribution >= 0.6 is 0 Å². The average molecular weight is 276 g/mol. The van der Waals surface area contributed by atoms with Crippen LogP contribution in [0.5, 0.6) is 0 Å². The van der Waals surface area contributed by atoms with Crippen LogP contribution in [0.1, 0.15) is 12.8 Å². The minimum absolute atomic E-state index is 0.0742. The SMILES string of the molecule is COC(=O)CCC(C(=O)N(N)C(N)=O)N(N)C(N)=O. The summed E-state index contributed by atoms with van der Waals surface area (Å²) in [4.78, 5) is 44.4. The number of primary amides is 2. The molecule has 0 saturated carbocycles. The Bertz CT molecular complexity index is 386. The Morgan fingerprint density at radius 1 is 1.11 bits per heavy atom. The number of imide groups is 1. The lowest BCUT2D eigenvalue weighted by Gasteiger charge is -2.26. The molecule has 0 rings (SSSR count). The summed E-state index contributed by atoms with van der Waals surface area (Å²) >= 11 is 0. The monoisotopic (exact) mass is 276 g/mol. The van der Waals surface area contributed by atoms with E-state index in [2.05, 4.69) is 4.74 Å². The zero-order valence-electron chi connectivity index (χ0n) is 10.2. The van der Waals surface area contributed by atoms with Gasteiger partial charge in [0.05, 0.1) is 7.11 Å². The number of hydrogen-bond donors (Lipinski definition) is 4. The third-order valence-electron chi connectivity index (χ3n) is 2.20. The van der Waals surface area contributed by atoms with Gasteiger partial charge >= 0.3 is 18.0 Å². The standard InChI is InChI=1S/C8H16N6O5/c1-19-5(15)3-2-4(13(11)7(9)17)6(16)14(12)8(10)18/h4H,2-3,11-12H2,1H3,(H2,9,17)(H2,10,18). The summed E-state index contributed by atoms with van der Waals surface area (Å²) in [6, 6.07) is -3.79. The van der Waals surface area contributed by atoms with Gasteiger partial charge in [0.1, 0.15) is 6.04 Å². The summed E-state index contributed by atoms with van der Waals surface area (Å²) in [5.74, 6) is 8.66. The van der Waals surface area contributed by atoms with Crippen molar-refractivity contribution < 1.29 is 23.9 Å². The maximum atomic E-state index is 11.7. The quantitative estimate of drug-likeness (QED) is 0.182. The van der Waals surface area contributed by atoms with E-state index in [4.69, 9.17) is 23.2 Å². The molecule has 0 spiro atoms. The lowest BCUT2D eigenvalue weighted by Crippen LogP contribution is -2.59. The molecule has 0 heterocycles. The molecule has 0 aromatic heterocycles. The van der Waals surface area contributed by atoms with Gasteiger partial charge in [0.15, 0.2) is 0 Å². The van der Waals surface area contributed by atoms with Gasteiger partial charge in [-0.05, 0) is 6.42 Å². The molecule has 0 radical (unpaired) electrons. The molecule has 1 unspecified atom stereocenters. The highest BCUT2D eigenvalue weighted by Gasteiger charge is 2.32. The number of ether oxygens (including phenoxy) is 1. The lowest BCUT2D eigenvalue weighted by molar-refractivity contribution is -0.141. The number of rotatable bonds is 5. The zero-order chi connectivity index (χ0) is 15.2. The number of nitrogens with two attached hydrogens (primary N) is 4. The summed E-state index contributed by atoms with van der Waals surface area (Å²) in [6.45, 7) is 0. The van der Waals surface area contributed by atoms with Crippen molar-refractivity contribution in [1.29, 1.82) is 0 Å². The number of carbonyl (C=O) groups excluding carboxylic acids is 4. The maximum Gasteiger partial charge on any atom is 0.336 e. The predicted octanol–water partition coefficient (Wildman–Crippen LogP) is -2.66. The number of methoxy groups -OCH3 is 1. The van der Waals surface area contributed by atoms with E-state index in [9.17, 15) is 19.2 Å². The first kappa shape index (κ1) is 16.6. The molecule has 11 heteroatoms. The predicted molar refractivity (Wildman–Crippen MR) is 61.3 cm³/mol. The van der Waals surface area contributed by atoms with E-state index >= 15 is 0 Å². The van der Waals surface area contributed by atoms with Crippen molar-refractivity contribution in [2.24, 2.45) is 23.2 Å². The van der Waals surface area contributed by atoms with Crippen molar-refractivity contribution in [2.75, 3.05) is 7.11 Å². The Morgan fingerprint density at radius 2 is 1.63 bits per heavy atom. The number of esters is 1. The van der Waals surface area contributed by atoms with Crippen molar-refractivity contribution >= 4 is 23.9 Å². The second-order valence-corrected chi connectivity index (χ2v) is 3.42. The molecule has 0 aromatic carbocycles. The average Bonchev–Trinajstić information content (AvgIpc) is 2.36. The molecule has 0 bridgehead atoms. The molecular formula is C8H16N6O5. The van der Waals surface area contributed by atoms with Gasteiger partial charge in [-0.3, -0.25) is 9.59 Å². The number of carbonyl (C=O) groups is 4. The Morgan fingerprint density at radius 3 is 2.00 bits per heavy atom. The molecule has 11 nitrogen and oxygen atoms in total. The smallest absolute Gasteiger partial charge is 0.336 e. The highest BCUT2D eigenvalue weighted by atomic mass is 16.5. The zero-order valence-corrected chi connectivity index (χ0v) is 10.2. The van der Waals surface area contributed by atoms with Crippen LogP contribution in [-0.2, 0) is 14.3 Å². The first-order chi connectivity index (χ1) is 8.72.